The molecule has 0 fully saturated rings. The molecule has 0 saturated heterocycles. The number of halogens is 2. The zero-order valence-electron chi connectivity index (χ0n) is 12.0. The molecule has 0 aliphatic heterocycles. The van der Waals surface area contributed by atoms with Crippen LogP contribution in [0.1, 0.15) is 5.56 Å². The summed E-state index contributed by atoms with van der Waals surface area (Å²) in [6.07, 6.45) is 0. The summed E-state index contributed by atoms with van der Waals surface area (Å²) in [4.78, 5) is 10.7. The zero-order valence-corrected chi connectivity index (χ0v) is 13.6. The number of carboxylic acid groups (broad SMARTS) is 1. The van der Waals surface area contributed by atoms with Crippen molar-refractivity contribution in [2.75, 3.05) is 6.61 Å². The maximum Gasteiger partial charge on any atom is 0.341 e. The van der Waals surface area contributed by atoms with E-state index in [2.05, 4.69) is 21.1 Å². The lowest BCUT2D eigenvalue weighted by atomic mass is 10.1. The molecule has 0 spiro atoms. The number of aryl methyl sites for hydroxylation is 1. The van der Waals surface area contributed by atoms with Gasteiger partial charge in [-0.15, -0.1) is 0 Å². The molecule has 0 aliphatic rings. The van der Waals surface area contributed by atoms with Crippen molar-refractivity contribution in [3.8, 4) is 17.0 Å². The Morgan fingerprint density at radius 1 is 1.43 bits per heavy atom. The van der Waals surface area contributed by atoms with Crippen LogP contribution >= 0.6 is 15.9 Å². The molecule has 0 unspecified atom stereocenters. The molecule has 1 aromatic heterocycles. The number of rotatable bonds is 4. The quantitative estimate of drug-likeness (QED) is 0.736. The Morgan fingerprint density at radius 2 is 2.17 bits per heavy atom. The van der Waals surface area contributed by atoms with Crippen molar-refractivity contribution in [3.63, 3.8) is 0 Å². The number of carbonyl (C=O) groups is 1. The second-order valence-corrected chi connectivity index (χ2v) is 5.70. The molecule has 118 valence electrons. The van der Waals surface area contributed by atoms with Crippen LogP contribution in [0.2, 0.25) is 0 Å². The fourth-order valence-electron chi connectivity index (χ4n) is 2.31. The maximum absolute atomic E-state index is 14.0. The molecule has 1 N–H and O–H groups in total. The van der Waals surface area contributed by atoms with Crippen LogP contribution in [0, 0.1) is 12.7 Å². The first-order chi connectivity index (χ1) is 11.0. The van der Waals surface area contributed by atoms with Crippen molar-refractivity contribution >= 4 is 32.9 Å². The van der Waals surface area contributed by atoms with Crippen molar-refractivity contribution in [2.24, 2.45) is 0 Å². The molecular formula is C16H11BrFNO4. The molecule has 0 radical (unpaired) electrons. The number of hydrogen-bond acceptors (Lipinski definition) is 4. The molecule has 3 rings (SSSR count). The van der Waals surface area contributed by atoms with Crippen LogP contribution in [0.3, 0.4) is 0 Å². The van der Waals surface area contributed by atoms with Gasteiger partial charge in [-0.25, -0.2) is 9.18 Å². The summed E-state index contributed by atoms with van der Waals surface area (Å²) in [6, 6.07) is 8.01. The van der Waals surface area contributed by atoms with Gasteiger partial charge in [0.15, 0.2) is 12.2 Å². The summed E-state index contributed by atoms with van der Waals surface area (Å²) in [6.45, 7) is 1.29. The molecular weight excluding hydrogens is 369 g/mol. The first kappa shape index (κ1) is 15.5. The minimum absolute atomic E-state index is 0.330. The minimum Gasteiger partial charge on any atom is -0.480 e. The Labute approximate surface area is 138 Å². The summed E-state index contributed by atoms with van der Waals surface area (Å²) in [5.41, 5.74) is 1.77. The van der Waals surface area contributed by atoms with Gasteiger partial charge in [0.25, 0.3) is 0 Å². The number of fused-ring (bicyclic) bond motifs is 1. The average Bonchev–Trinajstić information content (AvgIpc) is 2.91. The number of ether oxygens (including phenoxy) is 1. The second-order valence-electron chi connectivity index (χ2n) is 4.91. The maximum atomic E-state index is 14.0. The number of carboxylic acids is 1. The molecule has 0 atom stereocenters. The average molecular weight is 380 g/mol. The fourth-order valence-corrected chi connectivity index (χ4v) is 3.02. The lowest BCUT2D eigenvalue weighted by Gasteiger charge is -2.09. The van der Waals surface area contributed by atoms with Gasteiger partial charge in [0, 0.05) is 5.56 Å². The lowest BCUT2D eigenvalue weighted by Crippen LogP contribution is -2.10. The monoisotopic (exact) mass is 379 g/mol. The van der Waals surface area contributed by atoms with Crippen LogP contribution in [0.15, 0.2) is 39.3 Å². The van der Waals surface area contributed by atoms with Gasteiger partial charge in [0.2, 0.25) is 0 Å². The number of aromatic nitrogens is 1. The Bertz CT molecular complexity index is 906. The third kappa shape index (κ3) is 2.79. The topological polar surface area (TPSA) is 72.6 Å². The Morgan fingerprint density at radius 3 is 2.87 bits per heavy atom. The third-order valence-corrected chi connectivity index (χ3v) is 4.03. The number of aliphatic carboxylic acids is 1. The normalized spacial score (nSPS) is 10.9. The summed E-state index contributed by atoms with van der Waals surface area (Å²) in [5, 5.41) is 13.3. The molecule has 2 aromatic carbocycles. The van der Waals surface area contributed by atoms with E-state index in [4.69, 9.17) is 14.4 Å². The van der Waals surface area contributed by atoms with Crippen LogP contribution in [0.5, 0.6) is 5.75 Å². The van der Waals surface area contributed by atoms with Gasteiger partial charge in [0.1, 0.15) is 21.7 Å². The first-order valence-corrected chi connectivity index (χ1v) is 7.46. The zero-order chi connectivity index (χ0) is 16.6. The largest absolute Gasteiger partial charge is 0.480 e. The van der Waals surface area contributed by atoms with E-state index in [1.165, 1.54) is 6.07 Å². The van der Waals surface area contributed by atoms with Crippen LogP contribution in [-0.4, -0.2) is 22.8 Å². The summed E-state index contributed by atoms with van der Waals surface area (Å²) >= 11 is 3.34. The molecule has 5 nitrogen and oxygen atoms in total. The van der Waals surface area contributed by atoms with Crippen molar-refractivity contribution in [3.05, 3.63) is 46.2 Å². The minimum atomic E-state index is -1.08. The first-order valence-electron chi connectivity index (χ1n) is 6.67. The second kappa shape index (κ2) is 6.00. The smallest absolute Gasteiger partial charge is 0.341 e. The highest BCUT2D eigenvalue weighted by atomic mass is 79.9. The number of hydrogen-bond donors (Lipinski definition) is 1. The van der Waals surface area contributed by atoms with Crippen LogP contribution in [0.4, 0.5) is 4.39 Å². The lowest BCUT2D eigenvalue weighted by molar-refractivity contribution is -0.139. The van der Waals surface area contributed by atoms with Crippen LogP contribution in [-0.2, 0) is 4.79 Å². The van der Waals surface area contributed by atoms with Crippen LogP contribution < -0.4 is 4.74 Å². The summed E-state index contributed by atoms with van der Waals surface area (Å²) in [5.74, 6) is -1.13. The Hall–Kier alpha value is -2.41. The van der Waals surface area contributed by atoms with E-state index < -0.39 is 18.4 Å². The van der Waals surface area contributed by atoms with E-state index in [0.29, 0.717) is 38.0 Å². The summed E-state index contributed by atoms with van der Waals surface area (Å²) in [7, 11) is 0. The third-order valence-electron chi connectivity index (χ3n) is 3.31. The van der Waals surface area contributed by atoms with Gasteiger partial charge in [-0.05, 0) is 46.6 Å². The van der Waals surface area contributed by atoms with E-state index in [-0.39, 0.29) is 0 Å². The highest BCUT2D eigenvalue weighted by Crippen LogP contribution is 2.40. The van der Waals surface area contributed by atoms with Gasteiger partial charge in [-0.3, -0.25) is 0 Å². The molecule has 0 saturated carbocycles. The number of benzene rings is 2. The van der Waals surface area contributed by atoms with E-state index >= 15 is 0 Å². The van der Waals surface area contributed by atoms with E-state index in [1.54, 1.807) is 31.2 Å². The highest BCUT2D eigenvalue weighted by Gasteiger charge is 2.20. The van der Waals surface area contributed by atoms with Crippen molar-refractivity contribution in [1.29, 1.82) is 0 Å². The van der Waals surface area contributed by atoms with Gasteiger partial charge >= 0.3 is 5.97 Å². The molecule has 1 heterocycles. The molecule has 23 heavy (non-hydrogen) atoms. The number of nitrogens with zero attached hydrogens (tertiary/aromatic N) is 1. The van der Waals surface area contributed by atoms with Gasteiger partial charge in [-0.2, -0.15) is 0 Å². The molecule has 0 amide bonds. The Kier molecular flexibility index (Phi) is 4.04. The molecule has 0 bridgehead atoms. The van der Waals surface area contributed by atoms with Crippen molar-refractivity contribution in [2.45, 2.75) is 6.92 Å². The van der Waals surface area contributed by atoms with Gasteiger partial charge < -0.3 is 14.4 Å². The van der Waals surface area contributed by atoms with E-state index in [1.807, 2.05) is 0 Å². The molecule has 0 aliphatic carbocycles. The predicted molar refractivity (Wildman–Crippen MR) is 85.0 cm³/mol. The van der Waals surface area contributed by atoms with Crippen molar-refractivity contribution < 1.29 is 23.6 Å². The predicted octanol–water partition coefficient (Wildman–Crippen LogP) is 4.17. The van der Waals surface area contributed by atoms with Crippen LogP contribution in [0.25, 0.3) is 22.2 Å². The van der Waals surface area contributed by atoms with Gasteiger partial charge in [0.05, 0.1) is 5.39 Å². The summed E-state index contributed by atoms with van der Waals surface area (Å²) < 4.78 is 25.0. The standard InChI is InChI=1S/C16H11BrFNO4/c1-8-6-10-14(9-4-2-3-5-11(9)18)19-23-16(10)13(17)15(8)22-7-12(20)21/h2-6H,7H2,1H3,(H,20,21). The highest BCUT2D eigenvalue weighted by molar-refractivity contribution is 9.10. The van der Waals surface area contributed by atoms with E-state index in [9.17, 15) is 9.18 Å². The van der Waals surface area contributed by atoms with E-state index in [0.717, 1.165) is 0 Å². The Balaban J connectivity index is 2.16. The fraction of sp³-hybridized carbons (Fsp3) is 0.125. The molecule has 3 aromatic rings. The SMILES string of the molecule is Cc1cc2c(-c3ccccc3F)noc2c(Br)c1OCC(=O)O. The molecule has 7 heteroatoms. The van der Waals surface area contributed by atoms with Crippen molar-refractivity contribution in [1.82, 2.24) is 5.16 Å². The van der Waals surface area contributed by atoms with Gasteiger partial charge in [-0.1, -0.05) is 17.3 Å².